The standard InChI is InChI=1S/C12H22N2O4/c1-2-18-9-3-7-13-12(17)14(10-4-5-10)8-6-11(15)16/h10H,2-9H2,1H3,(H,13,17)(H,15,16). The summed E-state index contributed by atoms with van der Waals surface area (Å²) in [6.45, 7) is 4.10. The predicted molar refractivity (Wildman–Crippen MR) is 66.5 cm³/mol. The third kappa shape index (κ3) is 5.86. The van der Waals surface area contributed by atoms with Crippen LogP contribution in [0.1, 0.15) is 32.6 Å². The normalized spacial score (nSPS) is 14.3. The molecule has 0 aromatic rings. The largest absolute Gasteiger partial charge is 0.481 e. The highest BCUT2D eigenvalue weighted by Gasteiger charge is 2.32. The maximum atomic E-state index is 11.9. The van der Waals surface area contributed by atoms with Crippen molar-refractivity contribution >= 4 is 12.0 Å². The lowest BCUT2D eigenvalue weighted by atomic mass is 10.3. The molecule has 0 radical (unpaired) electrons. The fourth-order valence-electron chi connectivity index (χ4n) is 1.67. The van der Waals surface area contributed by atoms with E-state index >= 15 is 0 Å². The number of carboxylic acid groups (broad SMARTS) is 1. The lowest BCUT2D eigenvalue weighted by Gasteiger charge is -2.22. The highest BCUT2D eigenvalue weighted by Crippen LogP contribution is 2.26. The Kier molecular flexibility index (Phi) is 6.49. The molecule has 0 unspecified atom stereocenters. The van der Waals surface area contributed by atoms with E-state index in [1.54, 1.807) is 4.90 Å². The van der Waals surface area contributed by atoms with E-state index in [4.69, 9.17) is 9.84 Å². The number of carboxylic acids is 1. The van der Waals surface area contributed by atoms with Crippen LogP contribution in [-0.2, 0) is 9.53 Å². The van der Waals surface area contributed by atoms with Gasteiger partial charge in [-0.05, 0) is 26.2 Å². The molecule has 0 aliphatic heterocycles. The number of urea groups is 1. The summed E-state index contributed by atoms with van der Waals surface area (Å²) in [5, 5.41) is 11.4. The molecular weight excluding hydrogens is 236 g/mol. The summed E-state index contributed by atoms with van der Waals surface area (Å²) in [5.74, 6) is -0.871. The molecule has 1 aliphatic rings. The molecule has 0 aromatic heterocycles. The van der Waals surface area contributed by atoms with Gasteiger partial charge in [0.05, 0.1) is 6.42 Å². The van der Waals surface area contributed by atoms with Crippen LogP contribution in [0.5, 0.6) is 0 Å². The summed E-state index contributed by atoms with van der Waals surface area (Å²) in [7, 11) is 0. The summed E-state index contributed by atoms with van der Waals surface area (Å²) < 4.78 is 5.17. The number of ether oxygens (including phenoxy) is 1. The van der Waals surface area contributed by atoms with Crippen LogP contribution >= 0.6 is 0 Å². The van der Waals surface area contributed by atoms with Crippen LogP contribution in [0.3, 0.4) is 0 Å². The maximum absolute atomic E-state index is 11.9. The number of carbonyl (C=O) groups excluding carboxylic acids is 1. The minimum atomic E-state index is -0.871. The molecule has 1 saturated carbocycles. The molecule has 0 saturated heterocycles. The predicted octanol–water partition coefficient (Wildman–Crippen LogP) is 1.06. The van der Waals surface area contributed by atoms with Crippen LogP contribution < -0.4 is 5.32 Å². The van der Waals surface area contributed by atoms with E-state index < -0.39 is 5.97 Å². The first-order valence-electron chi connectivity index (χ1n) is 6.49. The second kappa shape index (κ2) is 7.92. The molecule has 1 aliphatic carbocycles. The van der Waals surface area contributed by atoms with E-state index in [2.05, 4.69) is 5.32 Å². The molecule has 0 atom stereocenters. The molecule has 6 nitrogen and oxygen atoms in total. The van der Waals surface area contributed by atoms with Crippen LogP contribution in [0.15, 0.2) is 0 Å². The maximum Gasteiger partial charge on any atom is 0.317 e. The summed E-state index contributed by atoms with van der Waals surface area (Å²) >= 11 is 0. The average Bonchev–Trinajstić information content (AvgIpc) is 3.13. The second-order valence-electron chi connectivity index (χ2n) is 4.35. The van der Waals surface area contributed by atoms with Crippen LogP contribution in [0.4, 0.5) is 4.79 Å². The molecule has 0 aromatic carbocycles. The van der Waals surface area contributed by atoms with E-state index in [9.17, 15) is 9.59 Å². The first-order chi connectivity index (χ1) is 8.65. The van der Waals surface area contributed by atoms with Gasteiger partial charge in [0.15, 0.2) is 0 Å². The quantitative estimate of drug-likeness (QED) is 0.606. The third-order valence-electron chi connectivity index (χ3n) is 2.76. The van der Waals surface area contributed by atoms with E-state index in [0.29, 0.717) is 19.8 Å². The minimum absolute atomic E-state index is 0.00284. The molecule has 1 fully saturated rings. The molecule has 0 spiro atoms. The number of hydrogen-bond donors (Lipinski definition) is 2. The first kappa shape index (κ1) is 14.8. The summed E-state index contributed by atoms with van der Waals surface area (Å²) in [6, 6.07) is 0.0755. The molecule has 104 valence electrons. The van der Waals surface area contributed by atoms with Gasteiger partial charge in [0, 0.05) is 32.3 Å². The molecule has 18 heavy (non-hydrogen) atoms. The minimum Gasteiger partial charge on any atom is -0.481 e. The van der Waals surface area contributed by atoms with Gasteiger partial charge in [0.2, 0.25) is 0 Å². The van der Waals surface area contributed by atoms with Gasteiger partial charge in [0.1, 0.15) is 0 Å². The number of carbonyl (C=O) groups is 2. The Balaban J connectivity index is 2.20. The van der Waals surface area contributed by atoms with Gasteiger partial charge >= 0.3 is 12.0 Å². The Morgan fingerprint density at radius 2 is 2.17 bits per heavy atom. The van der Waals surface area contributed by atoms with Crippen molar-refractivity contribution in [3.05, 3.63) is 0 Å². The lowest BCUT2D eigenvalue weighted by Crippen LogP contribution is -2.42. The Morgan fingerprint density at radius 1 is 1.44 bits per heavy atom. The SMILES string of the molecule is CCOCCCNC(=O)N(CCC(=O)O)C1CC1. The zero-order valence-corrected chi connectivity index (χ0v) is 10.9. The van der Waals surface area contributed by atoms with Gasteiger partial charge < -0.3 is 20.1 Å². The topological polar surface area (TPSA) is 78.9 Å². The van der Waals surface area contributed by atoms with Crippen LogP contribution in [0.25, 0.3) is 0 Å². The fourth-order valence-corrected chi connectivity index (χ4v) is 1.67. The Morgan fingerprint density at radius 3 is 2.72 bits per heavy atom. The highest BCUT2D eigenvalue weighted by molar-refractivity contribution is 5.76. The van der Waals surface area contributed by atoms with Crippen molar-refractivity contribution in [3.8, 4) is 0 Å². The number of hydrogen-bond acceptors (Lipinski definition) is 3. The zero-order valence-electron chi connectivity index (χ0n) is 10.9. The molecule has 2 N–H and O–H groups in total. The molecular formula is C12H22N2O4. The number of aliphatic carboxylic acids is 1. The molecule has 2 amide bonds. The fraction of sp³-hybridized carbons (Fsp3) is 0.833. The van der Waals surface area contributed by atoms with Gasteiger partial charge in [-0.3, -0.25) is 4.79 Å². The van der Waals surface area contributed by atoms with Gasteiger partial charge in [-0.15, -0.1) is 0 Å². The van der Waals surface area contributed by atoms with Crippen molar-refractivity contribution in [2.75, 3.05) is 26.3 Å². The van der Waals surface area contributed by atoms with Crippen molar-refractivity contribution in [3.63, 3.8) is 0 Å². The molecule has 6 heteroatoms. The Hall–Kier alpha value is -1.30. The highest BCUT2D eigenvalue weighted by atomic mass is 16.5. The van der Waals surface area contributed by atoms with Crippen LogP contribution in [0, 0.1) is 0 Å². The van der Waals surface area contributed by atoms with Crippen molar-refractivity contribution in [1.82, 2.24) is 10.2 Å². The van der Waals surface area contributed by atoms with Gasteiger partial charge in [0.25, 0.3) is 0 Å². The summed E-state index contributed by atoms with van der Waals surface area (Å²) in [6.07, 6.45) is 2.73. The van der Waals surface area contributed by atoms with E-state index in [0.717, 1.165) is 19.3 Å². The third-order valence-corrected chi connectivity index (χ3v) is 2.76. The second-order valence-corrected chi connectivity index (χ2v) is 4.35. The molecule has 0 heterocycles. The summed E-state index contributed by atoms with van der Waals surface area (Å²) in [5.41, 5.74) is 0. The number of nitrogens with zero attached hydrogens (tertiary/aromatic N) is 1. The lowest BCUT2D eigenvalue weighted by molar-refractivity contribution is -0.137. The van der Waals surface area contributed by atoms with Crippen molar-refractivity contribution < 1.29 is 19.4 Å². The first-order valence-corrected chi connectivity index (χ1v) is 6.49. The number of nitrogens with one attached hydrogen (secondary N) is 1. The van der Waals surface area contributed by atoms with Gasteiger partial charge in [-0.25, -0.2) is 4.79 Å². The van der Waals surface area contributed by atoms with Gasteiger partial charge in [-0.2, -0.15) is 0 Å². The van der Waals surface area contributed by atoms with E-state index in [1.165, 1.54) is 0 Å². The summed E-state index contributed by atoms with van der Waals surface area (Å²) in [4.78, 5) is 24.0. The van der Waals surface area contributed by atoms with Crippen molar-refractivity contribution in [2.45, 2.75) is 38.6 Å². The van der Waals surface area contributed by atoms with E-state index in [1.807, 2.05) is 6.92 Å². The smallest absolute Gasteiger partial charge is 0.317 e. The molecule has 0 bridgehead atoms. The monoisotopic (exact) mass is 258 g/mol. The Bertz CT molecular complexity index is 279. The zero-order chi connectivity index (χ0) is 13.4. The average molecular weight is 258 g/mol. The van der Waals surface area contributed by atoms with Crippen molar-refractivity contribution in [1.29, 1.82) is 0 Å². The van der Waals surface area contributed by atoms with Crippen LogP contribution in [-0.4, -0.2) is 54.4 Å². The van der Waals surface area contributed by atoms with E-state index in [-0.39, 0.29) is 25.0 Å². The molecule has 1 rings (SSSR count). The number of rotatable bonds is 9. The van der Waals surface area contributed by atoms with Crippen LogP contribution in [0.2, 0.25) is 0 Å². The van der Waals surface area contributed by atoms with Crippen molar-refractivity contribution in [2.24, 2.45) is 0 Å². The van der Waals surface area contributed by atoms with Gasteiger partial charge in [-0.1, -0.05) is 0 Å². The Labute approximate surface area is 107 Å². The number of amides is 2.